The predicted molar refractivity (Wildman–Crippen MR) is 82.3 cm³/mol. The number of amides is 1. The summed E-state index contributed by atoms with van der Waals surface area (Å²) in [6.45, 7) is 1.70. The van der Waals surface area contributed by atoms with Crippen LogP contribution in [0.4, 0.5) is 0 Å². The van der Waals surface area contributed by atoms with E-state index in [0.29, 0.717) is 36.9 Å². The Labute approximate surface area is 130 Å². The molecule has 0 spiro atoms. The molecule has 1 aromatic rings. The highest BCUT2D eigenvalue weighted by atomic mass is 32.2. The van der Waals surface area contributed by atoms with Crippen molar-refractivity contribution in [2.24, 2.45) is 5.92 Å². The molecule has 3 rings (SSSR count). The van der Waals surface area contributed by atoms with E-state index in [1.54, 1.807) is 23.1 Å². The molecule has 0 saturated carbocycles. The van der Waals surface area contributed by atoms with Crippen molar-refractivity contribution in [3.8, 4) is 5.75 Å². The summed E-state index contributed by atoms with van der Waals surface area (Å²) in [6, 6.07) is 7.03. The normalized spacial score (nSPS) is 25.3. The SMILES string of the molecule is COc1ccccc1C(=O)N1CC[C@@H]2CN(S(C)(=O)=O)[C@@H]2C1. The molecule has 7 heteroatoms. The smallest absolute Gasteiger partial charge is 0.257 e. The van der Waals surface area contributed by atoms with Gasteiger partial charge in [0.15, 0.2) is 0 Å². The monoisotopic (exact) mass is 324 g/mol. The zero-order chi connectivity index (χ0) is 15.9. The number of carbonyl (C=O) groups excluding carboxylic acids is 1. The first-order chi connectivity index (χ1) is 10.4. The third kappa shape index (κ3) is 2.59. The van der Waals surface area contributed by atoms with Gasteiger partial charge in [0.05, 0.1) is 18.9 Å². The number of rotatable bonds is 3. The van der Waals surface area contributed by atoms with E-state index < -0.39 is 10.0 Å². The van der Waals surface area contributed by atoms with Crippen molar-refractivity contribution in [1.29, 1.82) is 0 Å². The van der Waals surface area contributed by atoms with Crippen molar-refractivity contribution in [2.75, 3.05) is 33.0 Å². The largest absolute Gasteiger partial charge is 0.496 e. The maximum atomic E-state index is 12.7. The molecule has 120 valence electrons. The minimum absolute atomic E-state index is 0.0811. The van der Waals surface area contributed by atoms with Crippen LogP contribution in [0.3, 0.4) is 0 Å². The maximum Gasteiger partial charge on any atom is 0.257 e. The number of benzene rings is 1. The predicted octanol–water partition coefficient (Wildman–Crippen LogP) is 0.801. The van der Waals surface area contributed by atoms with Crippen LogP contribution in [0.25, 0.3) is 0 Å². The van der Waals surface area contributed by atoms with Gasteiger partial charge >= 0.3 is 0 Å². The Balaban J connectivity index is 1.77. The van der Waals surface area contributed by atoms with Crippen LogP contribution in [0.1, 0.15) is 16.8 Å². The Morgan fingerprint density at radius 3 is 2.68 bits per heavy atom. The van der Waals surface area contributed by atoms with Gasteiger partial charge in [-0.15, -0.1) is 0 Å². The van der Waals surface area contributed by atoms with E-state index in [2.05, 4.69) is 0 Å². The lowest BCUT2D eigenvalue weighted by Gasteiger charge is -2.51. The standard InChI is InChI=1S/C15H20N2O4S/c1-21-14-6-4-3-5-12(14)15(18)16-8-7-11-9-17(13(11)10-16)22(2,19)20/h3-6,11,13H,7-10H2,1-2H3/t11-,13-/m1/s1. The first-order valence-corrected chi connectivity index (χ1v) is 9.15. The molecular weight excluding hydrogens is 304 g/mol. The van der Waals surface area contributed by atoms with Crippen molar-refractivity contribution in [1.82, 2.24) is 9.21 Å². The van der Waals surface area contributed by atoms with Crippen molar-refractivity contribution in [2.45, 2.75) is 12.5 Å². The third-order valence-electron chi connectivity index (χ3n) is 4.56. The van der Waals surface area contributed by atoms with Crippen LogP contribution in [0.15, 0.2) is 24.3 Å². The van der Waals surface area contributed by atoms with Gasteiger partial charge in [-0.25, -0.2) is 8.42 Å². The van der Waals surface area contributed by atoms with Crippen LogP contribution in [0.2, 0.25) is 0 Å². The first-order valence-electron chi connectivity index (χ1n) is 7.31. The molecule has 2 aliphatic heterocycles. The third-order valence-corrected chi connectivity index (χ3v) is 5.83. The van der Waals surface area contributed by atoms with Crippen LogP contribution in [-0.2, 0) is 10.0 Å². The van der Waals surface area contributed by atoms with E-state index in [1.165, 1.54) is 17.7 Å². The summed E-state index contributed by atoms with van der Waals surface area (Å²) in [6.07, 6.45) is 2.07. The van der Waals surface area contributed by atoms with E-state index >= 15 is 0 Å². The average molecular weight is 324 g/mol. The van der Waals surface area contributed by atoms with Crippen LogP contribution in [-0.4, -0.2) is 62.6 Å². The number of methoxy groups -OCH3 is 1. The van der Waals surface area contributed by atoms with Gasteiger partial charge in [-0.3, -0.25) is 4.79 Å². The average Bonchev–Trinajstić information content (AvgIpc) is 2.46. The number of likely N-dealkylation sites (tertiary alicyclic amines) is 1. The summed E-state index contributed by atoms with van der Waals surface area (Å²) < 4.78 is 30.2. The minimum Gasteiger partial charge on any atom is -0.496 e. The summed E-state index contributed by atoms with van der Waals surface area (Å²) in [7, 11) is -1.66. The number of hydrogen-bond acceptors (Lipinski definition) is 4. The van der Waals surface area contributed by atoms with Crippen LogP contribution in [0.5, 0.6) is 5.75 Å². The van der Waals surface area contributed by atoms with Gasteiger partial charge in [0.2, 0.25) is 10.0 Å². The number of nitrogens with zero attached hydrogens (tertiary/aromatic N) is 2. The fourth-order valence-electron chi connectivity index (χ4n) is 3.31. The zero-order valence-corrected chi connectivity index (χ0v) is 13.5. The zero-order valence-electron chi connectivity index (χ0n) is 12.7. The number of ether oxygens (including phenoxy) is 1. The molecule has 2 atom stereocenters. The molecule has 2 heterocycles. The van der Waals surface area contributed by atoms with E-state index in [9.17, 15) is 13.2 Å². The summed E-state index contributed by atoms with van der Waals surface area (Å²) in [5, 5.41) is 0. The molecule has 0 radical (unpaired) electrons. The van der Waals surface area contributed by atoms with Gasteiger partial charge in [0.1, 0.15) is 5.75 Å². The highest BCUT2D eigenvalue weighted by Crippen LogP contribution is 2.35. The summed E-state index contributed by atoms with van der Waals surface area (Å²) >= 11 is 0. The van der Waals surface area contributed by atoms with Gasteiger partial charge in [-0.05, 0) is 24.5 Å². The van der Waals surface area contributed by atoms with Crippen molar-refractivity contribution in [3.05, 3.63) is 29.8 Å². The second-order valence-corrected chi connectivity index (χ2v) is 7.84. The number of fused-ring (bicyclic) bond motifs is 1. The highest BCUT2D eigenvalue weighted by Gasteiger charge is 2.47. The van der Waals surface area contributed by atoms with E-state index in [1.807, 2.05) is 6.07 Å². The number of sulfonamides is 1. The Morgan fingerprint density at radius 2 is 2.00 bits per heavy atom. The van der Waals surface area contributed by atoms with Crippen molar-refractivity contribution < 1.29 is 17.9 Å². The maximum absolute atomic E-state index is 12.7. The lowest BCUT2D eigenvalue weighted by atomic mass is 9.84. The Hall–Kier alpha value is -1.60. The lowest BCUT2D eigenvalue weighted by molar-refractivity contribution is 0.0139. The fourth-order valence-corrected chi connectivity index (χ4v) is 4.50. The van der Waals surface area contributed by atoms with Crippen molar-refractivity contribution >= 4 is 15.9 Å². The molecule has 6 nitrogen and oxygen atoms in total. The Bertz CT molecular complexity index is 689. The molecule has 0 N–H and O–H groups in total. The molecule has 2 saturated heterocycles. The quantitative estimate of drug-likeness (QED) is 0.825. The van der Waals surface area contributed by atoms with E-state index in [0.717, 1.165) is 6.42 Å². The molecule has 2 aliphatic rings. The van der Waals surface area contributed by atoms with Crippen molar-refractivity contribution in [3.63, 3.8) is 0 Å². The second-order valence-electron chi connectivity index (χ2n) is 5.90. The van der Waals surface area contributed by atoms with Gasteiger partial charge in [-0.2, -0.15) is 4.31 Å². The van der Waals surface area contributed by atoms with E-state index in [4.69, 9.17) is 4.74 Å². The van der Waals surface area contributed by atoms with E-state index in [-0.39, 0.29) is 11.9 Å². The molecule has 22 heavy (non-hydrogen) atoms. The lowest BCUT2D eigenvalue weighted by Crippen LogP contribution is -2.65. The molecule has 1 aromatic carbocycles. The Kier molecular flexibility index (Phi) is 3.86. The van der Waals surface area contributed by atoms with Crippen LogP contribution < -0.4 is 4.74 Å². The molecule has 0 unspecified atom stereocenters. The molecular formula is C15H20N2O4S. The number of hydrogen-bond donors (Lipinski definition) is 0. The summed E-state index contributed by atoms with van der Waals surface area (Å²) in [4.78, 5) is 14.4. The van der Waals surface area contributed by atoms with Gasteiger partial charge in [-0.1, -0.05) is 12.1 Å². The second kappa shape index (κ2) is 5.55. The number of carbonyl (C=O) groups is 1. The molecule has 0 aromatic heterocycles. The van der Waals surface area contributed by atoms with Gasteiger partial charge < -0.3 is 9.64 Å². The van der Waals surface area contributed by atoms with Crippen LogP contribution >= 0.6 is 0 Å². The number of piperidine rings is 1. The molecule has 2 fully saturated rings. The summed E-state index contributed by atoms with van der Waals surface area (Å²) in [5.41, 5.74) is 0.522. The molecule has 0 aliphatic carbocycles. The van der Waals surface area contributed by atoms with Crippen LogP contribution in [0, 0.1) is 5.92 Å². The van der Waals surface area contributed by atoms with Gasteiger partial charge in [0.25, 0.3) is 5.91 Å². The highest BCUT2D eigenvalue weighted by molar-refractivity contribution is 7.88. The molecule has 0 bridgehead atoms. The minimum atomic E-state index is -3.19. The van der Waals surface area contributed by atoms with Gasteiger partial charge in [0, 0.05) is 25.7 Å². The Morgan fingerprint density at radius 1 is 1.27 bits per heavy atom. The fraction of sp³-hybridized carbons (Fsp3) is 0.533. The first kappa shape index (κ1) is 15.3. The summed E-state index contributed by atoms with van der Waals surface area (Å²) in [5.74, 6) is 0.816. The topological polar surface area (TPSA) is 66.9 Å². The number of para-hydroxylation sites is 1. The molecule has 1 amide bonds.